The van der Waals surface area contributed by atoms with Gasteiger partial charge >= 0.3 is 5.97 Å². The van der Waals surface area contributed by atoms with Crippen molar-refractivity contribution in [1.29, 1.82) is 0 Å². The molecule has 0 saturated heterocycles. The molecule has 0 saturated carbocycles. The van der Waals surface area contributed by atoms with Gasteiger partial charge in [0.1, 0.15) is 29.6 Å². The van der Waals surface area contributed by atoms with E-state index in [1.54, 1.807) is 54.6 Å². The van der Waals surface area contributed by atoms with Crippen LogP contribution in [0.15, 0.2) is 109 Å². The molecule has 13 nitrogen and oxygen atoms in total. The summed E-state index contributed by atoms with van der Waals surface area (Å²) in [5.41, 5.74) is 8.85. The largest absolute Gasteiger partial charge is 0.508 e. The van der Waals surface area contributed by atoms with E-state index in [1.165, 1.54) is 24.3 Å². The third-order valence-corrected chi connectivity index (χ3v) is 7.99. The number of nitrogens with one attached hydrogen (secondary N) is 4. The molecule has 4 amide bonds. The highest BCUT2D eigenvalue weighted by molar-refractivity contribution is 5.94. The van der Waals surface area contributed by atoms with Crippen LogP contribution in [0.2, 0.25) is 0 Å². The molecule has 0 spiro atoms. The molecule has 0 unspecified atom stereocenters. The van der Waals surface area contributed by atoms with E-state index < -0.39 is 60.3 Å². The Balaban J connectivity index is 1.44. The van der Waals surface area contributed by atoms with Gasteiger partial charge in [-0.15, -0.1) is 0 Å². The zero-order valence-corrected chi connectivity index (χ0v) is 27.7. The Hall–Kier alpha value is -6.21. The predicted octanol–water partition coefficient (Wildman–Crippen LogP) is 1.35. The van der Waals surface area contributed by atoms with Crippen LogP contribution in [0.5, 0.6) is 11.5 Å². The van der Waals surface area contributed by atoms with E-state index in [-0.39, 0.29) is 37.2 Å². The molecule has 0 aliphatic heterocycles. The summed E-state index contributed by atoms with van der Waals surface area (Å²) in [6.45, 7) is -0.581. The number of carbonyl (C=O) groups excluding carboxylic acids is 4. The van der Waals surface area contributed by atoms with Crippen molar-refractivity contribution in [2.75, 3.05) is 6.54 Å². The van der Waals surface area contributed by atoms with Gasteiger partial charge in [0.25, 0.3) is 0 Å². The fourth-order valence-electron chi connectivity index (χ4n) is 5.25. The minimum Gasteiger partial charge on any atom is -0.508 e. The number of carboxylic acids is 1. The zero-order chi connectivity index (χ0) is 36.8. The zero-order valence-electron chi connectivity index (χ0n) is 27.7. The van der Waals surface area contributed by atoms with E-state index in [1.807, 2.05) is 30.3 Å². The lowest BCUT2D eigenvalue weighted by Gasteiger charge is -2.23. The van der Waals surface area contributed by atoms with Gasteiger partial charge in [0.15, 0.2) is 0 Å². The maximum atomic E-state index is 13.4. The minimum absolute atomic E-state index is 0.000984. The van der Waals surface area contributed by atoms with E-state index in [2.05, 4.69) is 21.3 Å². The number of rotatable bonds is 17. The molecule has 0 bridgehead atoms. The van der Waals surface area contributed by atoms with Crippen LogP contribution in [-0.2, 0) is 49.7 Å². The van der Waals surface area contributed by atoms with Crippen molar-refractivity contribution in [3.8, 4) is 11.5 Å². The highest BCUT2D eigenvalue weighted by Crippen LogP contribution is 2.14. The van der Waals surface area contributed by atoms with E-state index in [0.717, 1.165) is 5.56 Å². The summed E-state index contributed by atoms with van der Waals surface area (Å²) in [5.74, 6) is -4.06. The Morgan fingerprint density at radius 1 is 0.510 bits per heavy atom. The minimum atomic E-state index is -1.30. The average Bonchev–Trinajstić information content (AvgIpc) is 3.12. The first-order chi connectivity index (χ1) is 24.5. The Morgan fingerprint density at radius 3 is 1.41 bits per heavy atom. The van der Waals surface area contributed by atoms with Crippen LogP contribution in [0.3, 0.4) is 0 Å². The Labute approximate surface area is 294 Å². The number of carboxylic acid groups (broad SMARTS) is 1. The monoisotopic (exact) mass is 695 g/mol. The molecular formula is C38H41N5O8. The summed E-state index contributed by atoms with van der Waals surface area (Å²) in [7, 11) is 0. The molecule has 0 fully saturated rings. The van der Waals surface area contributed by atoms with Crippen LogP contribution >= 0.6 is 0 Å². The van der Waals surface area contributed by atoms with E-state index in [0.29, 0.717) is 16.7 Å². The molecule has 4 rings (SSSR count). The second-order valence-corrected chi connectivity index (χ2v) is 12.0. The van der Waals surface area contributed by atoms with Gasteiger partial charge in [0.05, 0.1) is 12.6 Å². The second-order valence-electron chi connectivity index (χ2n) is 12.0. The summed E-state index contributed by atoms with van der Waals surface area (Å²) < 4.78 is 0. The predicted molar refractivity (Wildman–Crippen MR) is 188 cm³/mol. The highest BCUT2D eigenvalue weighted by Gasteiger charge is 2.29. The first-order valence-electron chi connectivity index (χ1n) is 16.3. The number of phenols is 2. The quantitative estimate of drug-likeness (QED) is 0.0798. The smallest absolute Gasteiger partial charge is 0.326 e. The van der Waals surface area contributed by atoms with Crippen molar-refractivity contribution in [1.82, 2.24) is 21.3 Å². The van der Waals surface area contributed by atoms with E-state index >= 15 is 0 Å². The maximum absolute atomic E-state index is 13.4. The van der Waals surface area contributed by atoms with Crippen molar-refractivity contribution >= 4 is 29.6 Å². The number of hydrogen-bond acceptors (Lipinski definition) is 8. The first-order valence-corrected chi connectivity index (χ1v) is 16.3. The normalized spacial score (nSPS) is 13.1. The third kappa shape index (κ3) is 12.3. The molecule has 266 valence electrons. The van der Waals surface area contributed by atoms with Gasteiger partial charge in [-0.2, -0.15) is 0 Å². The lowest BCUT2D eigenvalue weighted by Crippen LogP contribution is -2.56. The summed E-state index contributed by atoms with van der Waals surface area (Å²) >= 11 is 0. The number of carbonyl (C=O) groups is 5. The summed E-state index contributed by atoms with van der Waals surface area (Å²) in [6, 6.07) is 25.2. The molecule has 4 aromatic rings. The maximum Gasteiger partial charge on any atom is 0.326 e. The second kappa shape index (κ2) is 18.5. The van der Waals surface area contributed by atoms with Gasteiger partial charge in [-0.05, 0) is 52.9 Å². The summed E-state index contributed by atoms with van der Waals surface area (Å²) in [5, 5.41) is 39.4. The van der Waals surface area contributed by atoms with Crippen molar-refractivity contribution in [2.45, 2.75) is 49.9 Å². The molecule has 13 heteroatoms. The molecule has 9 N–H and O–H groups in total. The van der Waals surface area contributed by atoms with Gasteiger partial charge in [-0.25, -0.2) is 4.79 Å². The van der Waals surface area contributed by atoms with Crippen LogP contribution in [0.4, 0.5) is 0 Å². The molecule has 0 heterocycles. The van der Waals surface area contributed by atoms with E-state index in [9.17, 15) is 39.3 Å². The van der Waals surface area contributed by atoms with E-state index in [4.69, 9.17) is 5.73 Å². The van der Waals surface area contributed by atoms with Gasteiger partial charge < -0.3 is 42.3 Å². The van der Waals surface area contributed by atoms with Gasteiger partial charge in [-0.3, -0.25) is 19.2 Å². The Bertz CT molecular complexity index is 1770. The number of hydrogen-bond donors (Lipinski definition) is 8. The SMILES string of the molecule is N[C@@H](Cc1ccccc1)C(=O)N[C@@H](Cc1ccc(O)cc1)C(=O)NCC(=O)N[C@@H](Cc1ccc(O)cc1)C(=O)N[C@@H](Cc1ccccc1)C(=O)O. The lowest BCUT2D eigenvalue weighted by molar-refractivity contribution is -0.142. The van der Waals surface area contributed by atoms with Crippen molar-refractivity contribution in [3.63, 3.8) is 0 Å². The Morgan fingerprint density at radius 2 is 0.922 bits per heavy atom. The summed E-state index contributed by atoms with van der Waals surface area (Å²) in [4.78, 5) is 65.1. The fourth-order valence-corrected chi connectivity index (χ4v) is 5.25. The highest BCUT2D eigenvalue weighted by atomic mass is 16.4. The molecule has 0 aromatic heterocycles. The topological polar surface area (TPSA) is 220 Å². The number of aromatic hydroxyl groups is 2. The van der Waals surface area contributed by atoms with Crippen LogP contribution in [0.1, 0.15) is 22.3 Å². The number of benzene rings is 4. The number of amides is 4. The van der Waals surface area contributed by atoms with Gasteiger partial charge in [0, 0.05) is 19.3 Å². The first kappa shape index (κ1) is 37.6. The van der Waals surface area contributed by atoms with Crippen LogP contribution in [0.25, 0.3) is 0 Å². The van der Waals surface area contributed by atoms with Crippen molar-refractivity contribution in [3.05, 3.63) is 131 Å². The lowest BCUT2D eigenvalue weighted by atomic mass is 10.0. The Kier molecular flexibility index (Phi) is 13.7. The van der Waals surface area contributed by atoms with Crippen LogP contribution in [-0.4, -0.2) is 75.6 Å². The van der Waals surface area contributed by atoms with Crippen molar-refractivity contribution < 1.29 is 39.3 Å². The molecule has 0 aliphatic rings. The van der Waals surface area contributed by atoms with Crippen LogP contribution < -0.4 is 27.0 Å². The van der Waals surface area contributed by atoms with Gasteiger partial charge in [0.2, 0.25) is 23.6 Å². The summed E-state index contributed by atoms with van der Waals surface area (Å²) in [6.07, 6.45) is 0.186. The molecule has 51 heavy (non-hydrogen) atoms. The molecule has 4 aromatic carbocycles. The standard InChI is InChI=1S/C38H41N5O8/c39-30(19-24-7-3-1-4-8-24)35(47)42-31(20-26-11-15-28(44)16-12-26)36(48)40-23-34(46)41-32(21-27-13-17-29(45)18-14-27)37(49)43-33(38(50)51)22-25-9-5-2-6-10-25/h1-18,30-33,44-45H,19-23,39H2,(H,40,48)(H,41,46)(H,42,47)(H,43,49)(H,50,51)/t30-,31-,32-,33-/m0/s1. The van der Waals surface area contributed by atoms with Crippen LogP contribution in [0, 0.1) is 0 Å². The fraction of sp³-hybridized carbons (Fsp3) is 0.237. The number of phenolic OH excluding ortho intramolecular Hbond substituents is 2. The molecule has 4 atom stereocenters. The molecule has 0 aliphatic carbocycles. The third-order valence-electron chi connectivity index (χ3n) is 7.99. The van der Waals surface area contributed by atoms with Crippen molar-refractivity contribution in [2.24, 2.45) is 5.73 Å². The average molecular weight is 696 g/mol. The van der Waals surface area contributed by atoms with Gasteiger partial charge in [-0.1, -0.05) is 84.9 Å². The molecular weight excluding hydrogens is 654 g/mol. The molecule has 0 radical (unpaired) electrons. The number of nitrogens with two attached hydrogens (primary N) is 1. The number of aliphatic carboxylic acids is 1.